The minimum atomic E-state index is 0.0427. The lowest BCUT2D eigenvalue weighted by atomic mass is 10.3. The van der Waals surface area contributed by atoms with Crippen LogP contribution in [-0.2, 0) is 11.2 Å². The Morgan fingerprint density at radius 3 is 2.88 bits per heavy atom. The Kier molecular flexibility index (Phi) is 5.49. The summed E-state index contributed by atoms with van der Waals surface area (Å²) < 4.78 is 4.82. The SMILES string of the molecule is CCNCCC(=O)NCCc1noc(C)n1. The quantitative estimate of drug-likeness (QED) is 0.641. The summed E-state index contributed by atoms with van der Waals surface area (Å²) in [5, 5.41) is 9.63. The highest BCUT2D eigenvalue weighted by Gasteiger charge is 2.03. The highest BCUT2D eigenvalue weighted by atomic mass is 16.5. The number of hydrogen-bond acceptors (Lipinski definition) is 5. The molecule has 0 fully saturated rings. The second-order valence-electron chi connectivity index (χ2n) is 3.43. The van der Waals surface area contributed by atoms with Gasteiger partial charge < -0.3 is 15.2 Å². The van der Waals surface area contributed by atoms with Crippen LogP contribution in [0, 0.1) is 6.92 Å². The average Bonchev–Trinajstić information content (AvgIpc) is 2.65. The van der Waals surface area contributed by atoms with Crippen molar-refractivity contribution in [3.05, 3.63) is 11.7 Å². The minimum absolute atomic E-state index is 0.0427. The van der Waals surface area contributed by atoms with Crippen molar-refractivity contribution >= 4 is 5.91 Å². The van der Waals surface area contributed by atoms with Gasteiger partial charge in [0.1, 0.15) is 0 Å². The highest BCUT2D eigenvalue weighted by molar-refractivity contribution is 5.76. The van der Waals surface area contributed by atoms with Gasteiger partial charge in [-0.25, -0.2) is 0 Å². The number of aromatic nitrogens is 2. The molecule has 0 aromatic carbocycles. The van der Waals surface area contributed by atoms with E-state index in [2.05, 4.69) is 20.8 Å². The molecule has 16 heavy (non-hydrogen) atoms. The predicted molar refractivity (Wildman–Crippen MR) is 58.9 cm³/mol. The van der Waals surface area contributed by atoms with Gasteiger partial charge in [0.15, 0.2) is 5.82 Å². The van der Waals surface area contributed by atoms with Gasteiger partial charge in [0.05, 0.1) is 0 Å². The van der Waals surface area contributed by atoms with E-state index in [-0.39, 0.29) is 5.91 Å². The fraction of sp³-hybridized carbons (Fsp3) is 0.700. The normalized spacial score (nSPS) is 10.4. The molecule has 6 nitrogen and oxygen atoms in total. The van der Waals surface area contributed by atoms with Gasteiger partial charge in [-0.05, 0) is 6.54 Å². The molecule has 0 saturated heterocycles. The van der Waals surface area contributed by atoms with Crippen LogP contribution in [-0.4, -0.2) is 35.7 Å². The van der Waals surface area contributed by atoms with Gasteiger partial charge in [-0.15, -0.1) is 0 Å². The van der Waals surface area contributed by atoms with Crippen molar-refractivity contribution in [3.8, 4) is 0 Å². The van der Waals surface area contributed by atoms with Crippen LogP contribution in [0.3, 0.4) is 0 Å². The Bertz CT molecular complexity index is 324. The zero-order chi connectivity index (χ0) is 11.8. The van der Waals surface area contributed by atoms with Crippen molar-refractivity contribution in [2.75, 3.05) is 19.6 Å². The van der Waals surface area contributed by atoms with Gasteiger partial charge in [0, 0.05) is 32.9 Å². The van der Waals surface area contributed by atoms with Crippen molar-refractivity contribution in [2.24, 2.45) is 0 Å². The number of nitrogens with one attached hydrogen (secondary N) is 2. The number of carbonyl (C=O) groups excluding carboxylic acids is 1. The molecule has 0 radical (unpaired) electrons. The van der Waals surface area contributed by atoms with Gasteiger partial charge in [-0.2, -0.15) is 4.98 Å². The largest absolute Gasteiger partial charge is 0.356 e. The zero-order valence-corrected chi connectivity index (χ0v) is 9.75. The molecule has 0 bridgehead atoms. The van der Waals surface area contributed by atoms with E-state index >= 15 is 0 Å². The van der Waals surface area contributed by atoms with E-state index in [4.69, 9.17) is 4.52 Å². The van der Waals surface area contributed by atoms with Crippen molar-refractivity contribution < 1.29 is 9.32 Å². The average molecular weight is 226 g/mol. The van der Waals surface area contributed by atoms with E-state index in [9.17, 15) is 4.79 Å². The first-order valence-electron chi connectivity index (χ1n) is 5.49. The molecule has 1 heterocycles. The fourth-order valence-electron chi connectivity index (χ4n) is 1.22. The molecule has 0 aliphatic heterocycles. The third-order valence-electron chi connectivity index (χ3n) is 2.02. The lowest BCUT2D eigenvalue weighted by molar-refractivity contribution is -0.120. The maximum atomic E-state index is 11.3. The Morgan fingerprint density at radius 1 is 1.44 bits per heavy atom. The third-order valence-corrected chi connectivity index (χ3v) is 2.02. The smallest absolute Gasteiger partial charge is 0.223 e. The molecule has 1 aromatic rings. The van der Waals surface area contributed by atoms with Crippen LogP contribution in [0.25, 0.3) is 0 Å². The molecule has 6 heteroatoms. The Hall–Kier alpha value is -1.43. The van der Waals surface area contributed by atoms with Gasteiger partial charge in [-0.3, -0.25) is 4.79 Å². The van der Waals surface area contributed by atoms with Gasteiger partial charge >= 0.3 is 0 Å². The summed E-state index contributed by atoms with van der Waals surface area (Å²) in [5.41, 5.74) is 0. The number of rotatable bonds is 7. The van der Waals surface area contributed by atoms with Crippen LogP contribution < -0.4 is 10.6 Å². The van der Waals surface area contributed by atoms with Crippen LogP contribution in [0.2, 0.25) is 0 Å². The lowest BCUT2D eigenvalue weighted by Gasteiger charge is -2.03. The Labute approximate surface area is 94.8 Å². The van der Waals surface area contributed by atoms with Crippen molar-refractivity contribution in [3.63, 3.8) is 0 Å². The van der Waals surface area contributed by atoms with Crippen LogP contribution in [0.15, 0.2) is 4.52 Å². The first kappa shape index (κ1) is 12.6. The molecule has 0 aliphatic carbocycles. The first-order chi connectivity index (χ1) is 7.72. The summed E-state index contributed by atoms with van der Waals surface area (Å²) in [5.74, 6) is 1.22. The van der Waals surface area contributed by atoms with E-state index in [0.29, 0.717) is 37.6 Å². The number of amides is 1. The molecule has 0 unspecified atom stereocenters. The van der Waals surface area contributed by atoms with Gasteiger partial charge in [0.25, 0.3) is 0 Å². The van der Waals surface area contributed by atoms with E-state index in [1.807, 2.05) is 6.92 Å². The van der Waals surface area contributed by atoms with Crippen LogP contribution in [0.1, 0.15) is 25.1 Å². The van der Waals surface area contributed by atoms with Crippen molar-refractivity contribution in [1.82, 2.24) is 20.8 Å². The Balaban J connectivity index is 2.08. The van der Waals surface area contributed by atoms with Crippen LogP contribution in [0.4, 0.5) is 0 Å². The molecule has 0 saturated carbocycles. The molecule has 1 aromatic heterocycles. The monoisotopic (exact) mass is 226 g/mol. The second-order valence-corrected chi connectivity index (χ2v) is 3.43. The zero-order valence-electron chi connectivity index (χ0n) is 9.75. The number of aryl methyl sites for hydroxylation is 1. The second kappa shape index (κ2) is 6.95. The topological polar surface area (TPSA) is 80.0 Å². The first-order valence-corrected chi connectivity index (χ1v) is 5.49. The summed E-state index contributed by atoms with van der Waals surface area (Å²) in [4.78, 5) is 15.3. The molecular formula is C10H18N4O2. The Morgan fingerprint density at radius 2 is 2.25 bits per heavy atom. The molecule has 0 spiro atoms. The maximum Gasteiger partial charge on any atom is 0.223 e. The fourth-order valence-corrected chi connectivity index (χ4v) is 1.22. The van der Waals surface area contributed by atoms with Crippen LogP contribution >= 0.6 is 0 Å². The summed E-state index contributed by atoms with van der Waals surface area (Å²) in [7, 11) is 0. The molecule has 1 rings (SSSR count). The molecule has 90 valence electrons. The van der Waals surface area contributed by atoms with Crippen molar-refractivity contribution in [2.45, 2.75) is 26.7 Å². The van der Waals surface area contributed by atoms with Crippen LogP contribution in [0.5, 0.6) is 0 Å². The van der Waals surface area contributed by atoms with Crippen molar-refractivity contribution in [1.29, 1.82) is 0 Å². The number of hydrogen-bond donors (Lipinski definition) is 2. The van der Waals surface area contributed by atoms with Gasteiger partial charge in [-0.1, -0.05) is 12.1 Å². The minimum Gasteiger partial charge on any atom is -0.356 e. The molecular weight excluding hydrogens is 208 g/mol. The standard InChI is InChI=1S/C10H18N4O2/c1-3-11-6-5-10(15)12-7-4-9-13-8(2)16-14-9/h11H,3-7H2,1-2H3,(H,12,15). The van der Waals surface area contributed by atoms with E-state index in [1.54, 1.807) is 6.92 Å². The molecule has 0 aliphatic rings. The molecule has 1 amide bonds. The van der Waals surface area contributed by atoms with Gasteiger partial charge in [0.2, 0.25) is 11.8 Å². The summed E-state index contributed by atoms with van der Waals surface area (Å²) in [6.07, 6.45) is 1.10. The number of carbonyl (C=O) groups is 1. The van der Waals surface area contributed by atoms with E-state index in [1.165, 1.54) is 0 Å². The summed E-state index contributed by atoms with van der Waals surface area (Å²) in [6.45, 7) is 5.89. The van der Waals surface area contributed by atoms with E-state index in [0.717, 1.165) is 6.54 Å². The summed E-state index contributed by atoms with van der Waals surface area (Å²) >= 11 is 0. The third kappa shape index (κ3) is 4.88. The molecule has 0 atom stereocenters. The summed E-state index contributed by atoms with van der Waals surface area (Å²) in [6, 6.07) is 0. The number of nitrogens with zero attached hydrogens (tertiary/aromatic N) is 2. The van der Waals surface area contributed by atoms with E-state index < -0.39 is 0 Å². The lowest BCUT2D eigenvalue weighted by Crippen LogP contribution is -2.29. The highest BCUT2D eigenvalue weighted by Crippen LogP contribution is 1.94. The molecule has 2 N–H and O–H groups in total. The predicted octanol–water partition coefficient (Wildman–Crippen LogP) is 0.0363. The maximum absolute atomic E-state index is 11.3.